The van der Waals surface area contributed by atoms with Crippen molar-refractivity contribution in [2.75, 3.05) is 10.8 Å². The third-order valence-corrected chi connectivity index (χ3v) is 3.99. The van der Waals surface area contributed by atoms with Crippen molar-refractivity contribution in [1.29, 1.82) is 0 Å². The number of hydrogen-bond donors (Lipinski definition) is 0. The number of carbonyl (C=O) groups is 2. The van der Waals surface area contributed by atoms with E-state index < -0.39 is 0 Å². The highest BCUT2D eigenvalue weighted by Crippen LogP contribution is 2.33. The summed E-state index contributed by atoms with van der Waals surface area (Å²) in [6, 6.07) is 5.93. The minimum atomic E-state index is -0.371. The summed E-state index contributed by atoms with van der Waals surface area (Å²) in [5.74, 6) is -0.456. The normalized spacial score (nSPS) is 19.3. The fourth-order valence-electron chi connectivity index (χ4n) is 2.55. The van der Waals surface area contributed by atoms with Crippen molar-refractivity contribution in [2.24, 2.45) is 5.92 Å². The number of amides is 2. The Morgan fingerprint density at radius 1 is 1.21 bits per heavy atom. The molecule has 2 amide bonds. The summed E-state index contributed by atoms with van der Waals surface area (Å²) in [7, 11) is 0. The van der Waals surface area contributed by atoms with E-state index in [0.29, 0.717) is 0 Å². The van der Waals surface area contributed by atoms with Gasteiger partial charge >= 0.3 is 0 Å². The molecule has 3 nitrogen and oxygen atoms in total. The first kappa shape index (κ1) is 14.1. The minimum absolute atomic E-state index is 0.133. The van der Waals surface area contributed by atoms with Crippen LogP contribution in [0, 0.1) is 5.92 Å². The number of alkyl halides is 1. The van der Waals surface area contributed by atoms with Crippen LogP contribution in [0.3, 0.4) is 0 Å². The molecule has 0 aromatic heterocycles. The van der Waals surface area contributed by atoms with Crippen molar-refractivity contribution in [3.63, 3.8) is 0 Å². The molecule has 1 heterocycles. The molecule has 1 saturated heterocycles. The van der Waals surface area contributed by atoms with Crippen LogP contribution in [0.4, 0.5) is 5.69 Å². The molecule has 1 atom stereocenters. The van der Waals surface area contributed by atoms with Gasteiger partial charge in [-0.2, -0.15) is 0 Å². The maximum Gasteiger partial charge on any atom is 0.238 e. The monoisotopic (exact) mass is 279 g/mol. The number of imide groups is 1. The van der Waals surface area contributed by atoms with Crippen LogP contribution in [0.25, 0.3) is 0 Å². The molecular weight excluding hydrogens is 262 g/mol. The van der Waals surface area contributed by atoms with Crippen LogP contribution in [0.2, 0.25) is 0 Å². The third-order valence-electron chi connectivity index (χ3n) is 3.61. The van der Waals surface area contributed by atoms with Gasteiger partial charge in [0.25, 0.3) is 0 Å². The zero-order valence-corrected chi connectivity index (χ0v) is 12.0. The number of aryl methyl sites for hydroxylation is 2. The molecule has 19 heavy (non-hydrogen) atoms. The number of carbonyl (C=O) groups excluding carboxylic acids is 2. The van der Waals surface area contributed by atoms with E-state index in [1.807, 2.05) is 32.0 Å². The molecule has 1 aliphatic rings. The predicted molar refractivity (Wildman–Crippen MR) is 76.5 cm³/mol. The second-order valence-corrected chi connectivity index (χ2v) is 5.06. The Hall–Kier alpha value is -1.35. The number of para-hydroxylation sites is 1. The number of nitrogens with zero attached hydrogens (tertiary/aromatic N) is 1. The highest BCUT2D eigenvalue weighted by Gasteiger charge is 2.40. The number of halogens is 1. The average molecular weight is 280 g/mol. The van der Waals surface area contributed by atoms with E-state index in [-0.39, 0.29) is 30.0 Å². The second kappa shape index (κ2) is 5.74. The number of anilines is 1. The Morgan fingerprint density at radius 3 is 2.21 bits per heavy atom. The average Bonchev–Trinajstić information content (AvgIpc) is 2.72. The Kier molecular flexibility index (Phi) is 4.25. The van der Waals surface area contributed by atoms with E-state index >= 15 is 0 Å². The van der Waals surface area contributed by atoms with Crippen LogP contribution in [-0.4, -0.2) is 17.7 Å². The highest BCUT2D eigenvalue weighted by molar-refractivity contribution is 6.26. The lowest BCUT2D eigenvalue weighted by molar-refractivity contribution is -0.122. The van der Waals surface area contributed by atoms with E-state index in [4.69, 9.17) is 11.6 Å². The zero-order valence-electron chi connectivity index (χ0n) is 11.3. The minimum Gasteiger partial charge on any atom is -0.274 e. The fraction of sp³-hybridized carbons (Fsp3) is 0.467. The lowest BCUT2D eigenvalue weighted by Crippen LogP contribution is -2.32. The van der Waals surface area contributed by atoms with Crippen molar-refractivity contribution in [1.82, 2.24) is 0 Å². The molecule has 1 unspecified atom stereocenters. The van der Waals surface area contributed by atoms with Gasteiger partial charge in [-0.1, -0.05) is 32.0 Å². The summed E-state index contributed by atoms with van der Waals surface area (Å²) in [5, 5.41) is 0. The second-order valence-electron chi connectivity index (χ2n) is 4.75. The summed E-state index contributed by atoms with van der Waals surface area (Å²) in [6.07, 6.45) is 1.82. The van der Waals surface area contributed by atoms with Crippen LogP contribution >= 0.6 is 11.6 Å². The molecule has 1 aromatic carbocycles. The number of hydrogen-bond acceptors (Lipinski definition) is 2. The van der Waals surface area contributed by atoms with Gasteiger partial charge in [0.05, 0.1) is 11.6 Å². The molecule has 102 valence electrons. The Balaban J connectivity index is 2.52. The Bertz CT molecular complexity index is 491. The van der Waals surface area contributed by atoms with Crippen LogP contribution in [0.5, 0.6) is 0 Å². The summed E-state index contributed by atoms with van der Waals surface area (Å²) < 4.78 is 0. The van der Waals surface area contributed by atoms with E-state index in [1.54, 1.807) is 0 Å². The van der Waals surface area contributed by atoms with Crippen LogP contribution in [0.1, 0.15) is 31.4 Å². The van der Waals surface area contributed by atoms with Crippen LogP contribution in [-0.2, 0) is 22.4 Å². The molecule has 1 fully saturated rings. The van der Waals surface area contributed by atoms with Gasteiger partial charge in [-0.05, 0) is 24.0 Å². The van der Waals surface area contributed by atoms with Crippen molar-refractivity contribution in [3.05, 3.63) is 29.3 Å². The quantitative estimate of drug-likeness (QED) is 0.628. The molecular formula is C15H18ClNO2. The van der Waals surface area contributed by atoms with Gasteiger partial charge < -0.3 is 0 Å². The summed E-state index contributed by atoms with van der Waals surface area (Å²) in [6.45, 7) is 4.06. The van der Waals surface area contributed by atoms with Crippen molar-refractivity contribution in [2.45, 2.75) is 33.1 Å². The molecule has 0 bridgehead atoms. The molecule has 0 aliphatic carbocycles. The van der Waals surface area contributed by atoms with E-state index in [9.17, 15) is 9.59 Å². The third kappa shape index (κ3) is 2.39. The highest BCUT2D eigenvalue weighted by atomic mass is 35.5. The van der Waals surface area contributed by atoms with E-state index in [1.165, 1.54) is 4.90 Å². The Labute approximate surface area is 118 Å². The molecule has 1 aliphatic heterocycles. The zero-order chi connectivity index (χ0) is 14.0. The molecule has 0 radical (unpaired) electrons. The van der Waals surface area contributed by atoms with Crippen molar-refractivity contribution in [3.8, 4) is 0 Å². The molecule has 0 saturated carbocycles. The number of rotatable bonds is 4. The Morgan fingerprint density at radius 2 is 1.79 bits per heavy atom. The summed E-state index contributed by atoms with van der Waals surface area (Å²) in [5.41, 5.74) is 2.86. The fourth-order valence-corrected chi connectivity index (χ4v) is 2.79. The van der Waals surface area contributed by atoms with Crippen molar-refractivity contribution >= 4 is 29.1 Å². The molecule has 1 aromatic rings. The van der Waals surface area contributed by atoms with E-state index in [2.05, 4.69) is 0 Å². The summed E-state index contributed by atoms with van der Waals surface area (Å²) >= 11 is 5.77. The molecule has 4 heteroatoms. The summed E-state index contributed by atoms with van der Waals surface area (Å²) in [4.78, 5) is 25.8. The lowest BCUT2D eigenvalue weighted by atomic mass is 10.0. The maximum atomic E-state index is 12.3. The smallest absolute Gasteiger partial charge is 0.238 e. The largest absolute Gasteiger partial charge is 0.274 e. The van der Waals surface area contributed by atoms with Gasteiger partial charge in [0.2, 0.25) is 11.8 Å². The first-order chi connectivity index (χ1) is 9.13. The first-order valence-corrected chi connectivity index (χ1v) is 7.20. The van der Waals surface area contributed by atoms with Crippen molar-refractivity contribution < 1.29 is 9.59 Å². The topological polar surface area (TPSA) is 37.4 Å². The van der Waals surface area contributed by atoms with Crippen LogP contribution in [0.15, 0.2) is 18.2 Å². The van der Waals surface area contributed by atoms with Gasteiger partial charge in [-0.3, -0.25) is 9.59 Å². The maximum absolute atomic E-state index is 12.3. The lowest BCUT2D eigenvalue weighted by Gasteiger charge is -2.21. The molecule has 0 N–H and O–H groups in total. The standard InChI is InChI=1S/C15H18ClNO2/c1-3-10-6-5-7-11(4-2)14(10)17-13(18)8-12(9-16)15(17)19/h5-7,12H,3-4,8-9H2,1-2H3. The molecule has 2 rings (SSSR count). The predicted octanol–water partition coefficient (Wildman–Crippen LogP) is 2.93. The first-order valence-electron chi connectivity index (χ1n) is 6.67. The SMILES string of the molecule is CCc1cccc(CC)c1N1C(=O)CC(CCl)C1=O. The number of benzene rings is 1. The van der Waals surface area contributed by atoms with Gasteiger partial charge in [0.1, 0.15) is 0 Å². The van der Waals surface area contributed by atoms with E-state index in [0.717, 1.165) is 29.7 Å². The van der Waals surface area contributed by atoms with Gasteiger partial charge in [-0.25, -0.2) is 4.90 Å². The van der Waals surface area contributed by atoms with Crippen LogP contribution < -0.4 is 4.90 Å². The van der Waals surface area contributed by atoms with Gasteiger partial charge in [0, 0.05) is 12.3 Å². The van der Waals surface area contributed by atoms with Gasteiger partial charge in [-0.15, -0.1) is 11.6 Å². The molecule has 0 spiro atoms. The van der Waals surface area contributed by atoms with Gasteiger partial charge in [0.15, 0.2) is 0 Å².